The second kappa shape index (κ2) is 10.3. The smallest absolute Gasteiger partial charge is 0.338 e. The Morgan fingerprint density at radius 1 is 1.07 bits per heavy atom. The predicted molar refractivity (Wildman–Crippen MR) is 106 cm³/mol. The highest BCUT2D eigenvalue weighted by atomic mass is 16.7. The number of aliphatic hydroxyl groups is 2. The molecule has 0 radical (unpaired) electrons. The zero-order chi connectivity index (χ0) is 21.5. The van der Waals surface area contributed by atoms with Crippen LogP contribution in [0.5, 0.6) is 0 Å². The molecule has 30 heavy (non-hydrogen) atoms. The predicted octanol–water partition coefficient (Wildman–Crippen LogP) is 1.01. The van der Waals surface area contributed by atoms with E-state index in [0.29, 0.717) is 5.56 Å². The van der Waals surface area contributed by atoms with Crippen molar-refractivity contribution in [3.05, 3.63) is 71.8 Å². The summed E-state index contributed by atoms with van der Waals surface area (Å²) in [5.41, 5.74) is 1.16. The second-order valence-electron chi connectivity index (χ2n) is 6.97. The SMILES string of the molecule is CC(=O)N[C@@H]1[C@H](OCc2ccccc2)O[C@H](CO)[C@@H](O)[C@@H]1OC(=O)c1ccccc1. The third-order valence-electron chi connectivity index (χ3n) is 4.73. The van der Waals surface area contributed by atoms with Gasteiger partial charge in [0.25, 0.3) is 0 Å². The summed E-state index contributed by atoms with van der Waals surface area (Å²) >= 11 is 0. The maximum atomic E-state index is 12.6. The fourth-order valence-corrected chi connectivity index (χ4v) is 3.26. The van der Waals surface area contributed by atoms with E-state index in [1.807, 2.05) is 30.3 Å². The van der Waals surface area contributed by atoms with Crippen molar-refractivity contribution in [3.63, 3.8) is 0 Å². The molecule has 0 bridgehead atoms. The Balaban J connectivity index is 1.82. The van der Waals surface area contributed by atoms with E-state index in [4.69, 9.17) is 14.2 Å². The van der Waals surface area contributed by atoms with Crippen molar-refractivity contribution >= 4 is 11.9 Å². The van der Waals surface area contributed by atoms with Crippen molar-refractivity contribution in [3.8, 4) is 0 Å². The minimum Gasteiger partial charge on any atom is -0.453 e. The van der Waals surface area contributed by atoms with E-state index in [1.165, 1.54) is 6.92 Å². The van der Waals surface area contributed by atoms with Crippen molar-refractivity contribution in [2.45, 2.75) is 44.2 Å². The first-order chi connectivity index (χ1) is 14.5. The third-order valence-corrected chi connectivity index (χ3v) is 4.73. The first-order valence-electron chi connectivity index (χ1n) is 9.62. The third kappa shape index (κ3) is 5.43. The lowest BCUT2D eigenvalue weighted by molar-refractivity contribution is -0.273. The summed E-state index contributed by atoms with van der Waals surface area (Å²) in [6.45, 7) is 0.947. The number of esters is 1. The van der Waals surface area contributed by atoms with E-state index < -0.39 is 49.1 Å². The topological polar surface area (TPSA) is 114 Å². The van der Waals surface area contributed by atoms with Gasteiger partial charge >= 0.3 is 5.97 Å². The summed E-state index contributed by atoms with van der Waals surface area (Å²) < 4.78 is 17.0. The number of amides is 1. The van der Waals surface area contributed by atoms with Gasteiger partial charge < -0.3 is 29.7 Å². The van der Waals surface area contributed by atoms with Gasteiger partial charge in [-0.25, -0.2) is 4.79 Å². The van der Waals surface area contributed by atoms with Gasteiger partial charge in [0, 0.05) is 6.92 Å². The van der Waals surface area contributed by atoms with E-state index >= 15 is 0 Å². The van der Waals surface area contributed by atoms with Crippen LogP contribution in [0.1, 0.15) is 22.8 Å². The summed E-state index contributed by atoms with van der Waals surface area (Å²) in [5.74, 6) is -1.08. The van der Waals surface area contributed by atoms with Crippen molar-refractivity contribution in [2.24, 2.45) is 0 Å². The first-order valence-corrected chi connectivity index (χ1v) is 9.62. The molecule has 0 saturated carbocycles. The molecule has 0 aromatic heterocycles. The van der Waals surface area contributed by atoms with Gasteiger partial charge in [-0.1, -0.05) is 48.5 Å². The van der Waals surface area contributed by atoms with Crippen molar-refractivity contribution in [1.82, 2.24) is 5.32 Å². The average Bonchev–Trinajstić information content (AvgIpc) is 2.76. The molecule has 3 rings (SSSR count). The molecule has 2 aromatic carbocycles. The number of hydrogen-bond donors (Lipinski definition) is 3. The fraction of sp³-hybridized carbons (Fsp3) is 0.364. The quantitative estimate of drug-likeness (QED) is 0.578. The molecule has 1 fully saturated rings. The molecule has 5 atom stereocenters. The molecule has 3 N–H and O–H groups in total. The highest BCUT2D eigenvalue weighted by Crippen LogP contribution is 2.26. The van der Waals surface area contributed by atoms with Crippen molar-refractivity contribution in [1.29, 1.82) is 0 Å². The van der Waals surface area contributed by atoms with Crippen LogP contribution in [0.3, 0.4) is 0 Å². The summed E-state index contributed by atoms with van der Waals surface area (Å²) in [5, 5.41) is 22.9. The van der Waals surface area contributed by atoms with Gasteiger partial charge in [-0.15, -0.1) is 0 Å². The molecular formula is C22H25NO7. The van der Waals surface area contributed by atoms with Crippen LogP contribution in [0.25, 0.3) is 0 Å². The molecule has 1 saturated heterocycles. The Labute approximate surface area is 174 Å². The molecule has 0 spiro atoms. The van der Waals surface area contributed by atoms with Crippen LogP contribution in [0.15, 0.2) is 60.7 Å². The van der Waals surface area contributed by atoms with Crippen molar-refractivity contribution < 1.29 is 34.0 Å². The van der Waals surface area contributed by atoms with Crippen LogP contribution in [-0.2, 0) is 25.6 Å². The Hall–Kier alpha value is -2.78. The standard InChI is InChI=1S/C22H25NO7/c1-14(25)23-18-20(30-21(27)16-10-6-3-7-11-16)19(26)17(12-24)29-22(18)28-13-15-8-4-2-5-9-15/h2-11,17-20,22,24,26H,12-13H2,1H3,(H,23,25)/t17-,18+,19-,20-,22-/m1/s1. The molecule has 8 nitrogen and oxygen atoms in total. The molecule has 0 unspecified atom stereocenters. The van der Waals surface area contributed by atoms with Crippen LogP contribution < -0.4 is 5.32 Å². The Morgan fingerprint density at radius 3 is 2.30 bits per heavy atom. The molecule has 8 heteroatoms. The highest BCUT2D eigenvalue weighted by molar-refractivity contribution is 5.89. The Bertz CT molecular complexity index is 830. The summed E-state index contributed by atoms with van der Waals surface area (Å²) in [7, 11) is 0. The maximum Gasteiger partial charge on any atom is 0.338 e. The number of rotatable bonds is 7. The van der Waals surface area contributed by atoms with E-state index in [9.17, 15) is 19.8 Å². The zero-order valence-corrected chi connectivity index (χ0v) is 16.5. The highest BCUT2D eigenvalue weighted by Gasteiger charge is 2.48. The van der Waals surface area contributed by atoms with E-state index in [2.05, 4.69) is 5.32 Å². The number of carbonyl (C=O) groups is 2. The molecule has 0 aliphatic carbocycles. The average molecular weight is 415 g/mol. The minimum atomic E-state index is -1.36. The summed E-state index contributed by atoms with van der Waals surface area (Å²) in [4.78, 5) is 24.4. The van der Waals surface area contributed by atoms with Gasteiger partial charge in [-0.3, -0.25) is 4.79 Å². The molecular weight excluding hydrogens is 390 g/mol. The van der Waals surface area contributed by atoms with E-state index in [-0.39, 0.29) is 6.61 Å². The van der Waals surface area contributed by atoms with E-state index in [0.717, 1.165) is 5.56 Å². The Morgan fingerprint density at radius 2 is 1.70 bits per heavy atom. The van der Waals surface area contributed by atoms with E-state index in [1.54, 1.807) is 30.3 Å². The number of carbonyl (C=O) groups excluding carboxylic acids is 2. The fourth-order valence-electron chi connectivity index (χ4n) is 3.26. The molecule has 2 aromatic rings. The number of ether oxygens (including phenoxy) is 3. The van der Waals surface area contributed by atoms with Gasteiger partial charge in [-0.05, 0) is 17.7 Å². The number of aliphatic hydroxyl groups excluding tert-OH is 2. The molecule has 1 amide bonds. The second-order valence-corrected chi connectivity index (χ2v) is 6.97. The normalized spacial score (nSPS) is 26.0. The van der Waals surface area contributed by atoms with Crippen molar-refractivity contribution in [2.75, 3.05) is 6.61 Å². The largest absolute Gasteiger partial charge is 0.453 e. The van der Waals surface area contributed by atoms with Gasteiger partial charge in [0.15, 0.2) is 12.4 Å². The number of hydrogen-bond acceptors (Lipinski definition) is 7. The molecule has 1 heterocycles. The van der Waals surface area contributed by atoms with Crippen LogP contribution >= 0.6 is 0 Å². The molecule has 1 aliphatic rings. The Kier molecular flexibility index (Phi) is 7.53. The van der Waals surface area contributed by atoms with Gasteiger partial charge in [-0.2, -0.15) is 0 Å². The maximum absolute atomic E-state index is 12.6. The number of nitrogens with one attached hydrogen (secondary N) is 1. The zero-order valence-electron chi connectivity index (χ0n) is 16.5. The lowest BCUT2D eigenvalue weighted by atomic mass is 9.96. The van der Waals surface area contributed by atoms with Gasteiger partial charge in [0.1, 0.15) is 18.2 Å². The minimum absolute atomic E-state index is 0.162. The van der Waals surface area contributed by atoms with Gasteiger partial charge in [0.2, 0.25) is 5.91 Å². The summed E-state index contributed by atoms with van der Waals surface area (Å²) in [6.07, 6.45) is -4.66. The number of benzene rings is 2. The summed E-state index contributed by atoms with van der Waals surface area (Å²) in [6, 6.07) is 16.6. The van der Waals surface area contributed by atoms with Crippen LogP contribution in [0.4, 0.5) is 0 Å². The lowest BCUT2D eigenvalue weighted by Gasteiger charge is -2.43. The molecule has 160 valence electrons. The molecule has 1 aliphatic heterocycles. The van der Waals surface area contributed by atoms with Crippen LogP contribution in [-0.4, -0.2) is 59.3 Å². The lowest BCUT2D eigenvalue weighted by Crippen LogP contribution is -2.65. The monoisotopic (exact) mass is 415 g/mol. The first kappa shape index (κ1) is 21.9. The van der Waals surface area contributed by atoms with Gasteiger partial charge in [0.05, 0.1) is 18.8 Å². The van der Waals surface area contributed by atoms with Crippen LogP contribution in [0.2, 0.25) is 0 Å². The van der Waals surface area contributed by atoms with Crippen LogP contribution in [0, 0.1) is 0 Å².